The van der Waals surface area contributed by atoms with Gasteiger partial charge in [0, 0.05) is 5.56 Å². The molecule has 0 saturated heterocycles. The van der Waals surface area contributed by atoms with Crippen molar-refractivity contribution in [3.63, 3.8) is 0 Å². The molecule has 1 aromatic rings. The summed E-state index contributed by atoms with van der Waals surface area (Å²) in [5.74, 6) is 0. The van der Waals surface area contributed by atoms with Gasteiger partial charge in [0.05, 0.1) is 7.11 Å². The van der Waals surface area contributed by atoms with Gasteiger partial charge in [0.1, 0.15) is 6.61 Å². The van der Waals surface area contributed by atoms with Crippen molar-refractivity contribution in [2.45, 2.75) is 6.61 Å². The summed E-state index contributed by atoms with van der Waals surface area (Å²) in [5, 5.41) is 8.65. The highest BCUT2D eigenvalue weighted by atomic mass is 32.1. The third-order valence-corrected chi connectivity index (χ3v) is 2.01. The topological polar surface area (TPSA) is 38.7 Å². The van der Waals surface area contributed by atoms with Crippen LogP contribution in [0.4, 0.5) is 0 Å². The first-order valence-corrected chi connectivity index (χ1v) is 4.12. The Kier molecular flexibility index (Phi) is 3.82. The van der Waals surface area contributed by atoms with Gasteiger partial charge in [-0.25, -0.2) is 4.89 Å². The summed E-state index contributed by atoms with van der Waals surface area (Å²) in [7, 11) is 1.53. The van der Waals surface area contributed by atoms with Crippen molar-refractivity contribution in [3.8, 4) is 0 Å². The Balaban J connectivity index is 2.75. The Morgan fingerprint density at radius 3 is 2.46 bits per heavy atom. The van der Waals surface area contributed by atoms with Crippen molar-refractivity contribution < 1.29 is 14.9 Å². The van der Waals surface area contributed by atoms with E-state index in [0.717, 1.165) is 11.1 Å². The molecule has 0 saturated carbocycles. The van der Waals surface area contributed by atoms with Gasteiger partial charge in [-0.1, -0.05) is 12.1 Å². The SMILES string of the molecule is COC(=S)c1ccc(COO)cc1. The predicted molar refractivity (Wildman–Crippen MR) is 52.6 cm³/mol. The molecular formula is C9H10O3S. The second kappa shape index (κ2) is 4.91. The fraction of sp³-hybridized carbons (Fsp3) is 0.222. The predicted octanol–water partition coefficient (Wildman–Crippen LogP) is 2.00. The number of methoxy groups -OCH3 is 1. The number of ether oxygens (including phenoxy) is 1. The molecule has 0 aliphatic heterocycles. The van der Waals surface area contributed by atoms with Crippen molar-refractivity contribution in [1.29, 1.82) is 0 Å². The van der Waals surface area contributed by atoms with E-state index in [2.05, 4.69) is 4.89 Å². The van der Waals surface area contributed by atoms with Gasteiger partial charge in [0.15, 0.2) is 5.05 Å². The van der Waals surface area contributed by atoms with E-state index in [4.69, 9.17) is 22.2 Å². The minimum atomic E-state index is 0.181. The maximum absolute atomic E-state index is 8.19. The van der Waals surface area contributed by atoms with Crippen LogP contribution in [0.2, 0.25) is 0 Å². The zero-order chi connectivity index (χ0) is 9.68. The van der Waals surface area contributed by atoms with Crippen LogP contribution in [-0.2, 0) is 16.2 Å². The van der Waals surface area contributed by atoms with Crippen LogP contribution in [-0.4, -0.2) is 17.4 Å². The molecule has 0 unspecified atom stereocenters. The lowest BCUT2D eigenvalue weighted by Crippen LogP contribution is -1.99. The maximum atomic E-state index is 8.19. The summed E-state index contributed by atoms with van der Waals surface area (Å²) in [6.45, 7) is 0.181. The van der Waals surface area contributed by atoms with Crippen molar-refractivity contribution in [2.75, 3.05) is 7.11 Å². The average Bonchev–Trinajstić information content (AvgIpc) is 2.18. The first kappa shape index (κ1) is 10.1. The lowest BCUT2D eigenvalue weighted by atomic mass is 10.1. The van der Waals surface area contributed by atoms with Gasteiger partial charge < -0.3 is 4.74 Å². The molecular weight excluding hydrogens is 188 g/mol. The summed E-state index contributed by atoms with van der Waals surface area (Å²) in [5.41, 5.74) is 1.73. The van der Waals surface area contributed by atoms with Crippen LogP contribution in [0, 0.1) is 0 Å². The molecule has 70 valence electrons. The summed E-state index contributed by atoms with van der Waals surface area (Å²) >= 11 is 4.93. The Hall–Kier alpha value is -0.970. The van der Waals surface area contributed by atoms with Crippen LogP contribution in [0.25, 0.3) is 0 Å². The second-order valence-electron chi connectivity index (χ2n) is 2.46. The smallest absolute Gasteiger partial charge is 0.190 e. The summed E-state index contributed by atoms with van der Waals surface area (Å²) in [6, 6.07) is 7.27. The van der Waals surface area contributed by atoms with E-state index >= 15 is 0 Å². The Morgan fingerprint density at radius 1 is 1.38 bits per heavy atom. The van der Waals surface area contributed by atoms with Crippen molar-refractivity contribution in [3.05, 3.63) is 35.4 Å². The molecule has 3 nitrogen and oxygen atoms in total. The van der Waals surface area contributed by atoms with Gasteiger partial charge in [-0.2, -0.15) is 0 Å². The first-order chi connectivity index (χ1) is 6.27. The van der Waals surface area contributed by atoms with Crippen molar-refractivity contribution in [2.24, 2.45) is 0 Å². The third-order valence-electron chi connectivity index (χ3n) is 1.61. The Morgan fingerprint density at radius 2 is 2.00 bits per heavy atom. The van der Waals surface area contributed by atoms with Crippen molar-refractivity contribution >= 4 is 17.3 Å². The van der Waals surface area contributed by atoms with Crippen molar-refractivity contribution in [1.82, 2.24) is 0 Å². The molecule has 0 aliphatic carbocycles. The first-order valence-electron chi connectivity index (χ1n) is 3.71. The molecule has 0 radical (unpaired) electrons. The highest BCUT2D eigenvalue weighted by Crippen LogP contribution is 2.07. The highest BCUT2D eigenvalue weighted by molar-refractivity contribution is 7.80. The highest BCUT2D eigenvalue weighted by Gasteiger charge is 1.99. The molecule has 13 heavy (non-hydrogen) atoms. The average molecular weight is 198 g/mol. The van der Waals surface area contributed by atoms with Crippen LogP contribution in [0.15, 0.2) is 24.3 Å². The number of thiocarbonyl (C=S) groups is 1. The molecule has 0 bridgehead atoms. The van der Waals surface area contributed by atoms with E-state index < -0.39 is 0 Å². The van der Waals surface area contributed by atoms with E-state index in [1.807, 2.05) is 24.3 Å². The largest absolute Gasteiger partial charge is 0.486 e. The maximum Gasteiger partial charge on any atom is 0.190 e. The van der Waals surface area contributed by atoms with E-state index in [9.17, 15) is 0 Å². The van der Waals surface area contributed by atoms with Crippen LogP contribution in [0.5, 0.6) is 0 Å². The minimum absolute atomic E-state index is 0.181. The second-order valence-corrected chi connectivity index (χ2v) is 2.83. The standard InChI is InChI=1S/C9H10O3S/c1-11-9(13)8-4-2-7(3-5-8)6-12-10/h2-5,10H,6H2,1H3. The number of benzene rings is 1. The number of hydrogen-bond donors (Lipinski definition) is 1. The Labute approximate surface area is 81.8 Å². The van der Waals surface area contributed by atoms with E-state index in [-0.39, 0.29) is 6.61 Å². The number of hydrogen-bond acceptors (Lipinski definition) is 4. The fourth-order valence-corrected chi connectivity index (χ4v) is 1.07. The van der Waals surface area contributed by atoms with Crippen LogP contribution < -0.4 is 0 Å². The molecule has 4 heteroatoms. The zero-order valence-corrected chi connectivity index (χ0v) is 8.00. The molecule has 1 rings (SSSR count). The van der Waals surface area contributed by atoms with E-state index in [0.29, 0.717) is 5.05 Å². The number of rotatable bonds is 3. The quantitative estimate of drug-likeness (QED) is 0.458. The molecule has 0 heterocycles. The molecule has 0 spiro atoms. The summed E-state index contributed by atoms with van der Waals surface area (Å²) in [6.07, 6.45) is 0. The normalized spacial score (nSPS) is 9.69. The van der Waals surface area contributed by atoms with Gasteiger partial charge in [-0.15, -0.1) is 0 Å². The van der Waals surface area contributed by atoms with Gasteiger partial charge in [0.25, 0.3) is 0 Å². The lowest BCUT2D eigenvalue weighted by molar-refractivity contribution is -0.253. The third kappa shape index (κ3) is 2.77. The molecule has 0 amide bonds. The minimum Gasteiger partial charge on any atom is -0.486 e. The Bertz CT molecular complexity index is 281. The van der Waals surface area contributed by atoms with Gasteiger partial charge in [-0.05, 0) is 29.9 Å². The van der Waals surface area contributed by atoms with Crippen LogP contribution in [0.1, 0.15) is 11.1 Å². The summed E-state index contributed by atoms with van der Waals surface area (Å²) in [4.78, 5) is 3.99. The van der Waals surface area contributed by atoms with Gasteiger partial charge in [-0.3, -0.25) is 5.26 Å². The monoisotopic (exact) mass is 198 g/mol. The summed E-state index contributed by atoms with van der Waals surface area (Å²) < 4.78 is 4.89. The molecule has 1 N–H and O–H groups in total. The zero-order valence-electron chi connectivity index (χ0n) is 7.19. The van der Waals surface area contributed by atoms with Gasteiger partial charge >= 0.3 is 0 Å². The molecule has 0 aromatic heterocycles. The van der Waals surface area contributed by atoms with Crippen LogP contribution >= 0.6 is 12.2 Å². The molecule has 0 aliphatic rings. The van der Waals surface area contributed by atoms with E-state index in [1.54, 1.807) is 0 Å². The fourth-order valence-electron chi connectivity index (χ4n) is 0.929. The molecule has 1 aromatic carbocycles. The molecule has 0 fully saturated rings. The van der Waals surface area contributed by atoms with Gasteiger partial charge in [0.2, 0.25) is 0 Å². The lowest BCUT2D eigenvalue weighted by Gasteiger charge is -2.02. The molecule has 0 atom stereocenters. The van der Waals surface area contributed by atoms with Crippen LogP contribution in [0.3, 0.4) is 0 Å². The van der Waals surface area contributed by atoms with E-state index in [1.165, 1.54) is 7.11 Å².